The summed E-state index contributed by atoms with van der Waals surface area (Å²) in [5.41, 5.74) is 4.18. The molecule has 0 aliphatic carbocycles. The Morgan fingerprint density at radius 2 is 1.50 bits per heavy atom. The molecule has 0 saturated heterocycles. The second kappa shape index (κ2) is 5.69. The molecule has 1 aliphatic heterocycles. The molecule has 0 amide bonds. The van der Waals surface area contributed by atoms with E-state index in [1.807, 2.05) is 6.26 Å². The molecule has 3 aromatic rings. The zero-order valence-corrected chi connectivity index (χ0v) is 12.5. The maximum absolute atomic E-state index is 5.82. The second-order valence-electron chi connectivity index (χ2n) is 5.77. The first-order chi connectivity index (χ1) is 10.9. The Labute approximate surface area is 130 Å². The summed E-state index contributed by atoms with van der Waals surface area (Å²) < 4.78 is 5.82. The number of allylic oxidation sites excluding steroid dienone is 1. The van der Waals surface area contributed by atoms with E-state index < -0.39 is 0 Å². The van der Waals surface area contributed by atoms with Gasteiger partial charge in [0.1, 0.15) is 5.75 Å². The third kappa shape index (κ3) is 2.50. The molecule has 0 saturated carbocycles. The molecule has 22 heavy (non-hydrogen) atoms. The maximum Gasteiger partial charge on any atom is 0.127 e. The summed E-state index contributed by atoms with van der Waals surface area (Å²) in [7, 11) is 0. The van der Waals surface area contributed by atoms with Crippen LogP contribution >= 0.6 is 0 Å². The quantitative estimate of drug-likeness (QED) is 0.560. The summed E-state index contributed by atoms with van der Waals surface area (Å²) >= 11 is 0. The van der Waals surface area contributed by atoms with E-state index in [1.165, 1.54) is 27.5 Å². The molecule has 1 nitrogen and oxygen atoms in total. The van der Waals surface area contributed by atoms with Crippen LogP contribution in [0.1, 0.15) is 16.7 Å². The molecule has 0 unspecified atom stereocenters. The van der Waals surface area contributed by atoms with Gasteiger partial charge in [0.2, 0.25) is 0 Å². The maximum atomic E-state index is 5.82. The van der Waals surface area contributed by atoms with Crippen molar-refractivity contribution in [2.45, 2.75) is 19.3 Å². The van der Waals surface area contributed by atoms with Gasteiger partial charge in [-0.05, 0) is 64.9 Å². The average Bonchev–Trinajstić information content (AvgIpc) is 2.59. The van der Waals surface area contributed by atoms with Gasteiger partial charge in [-0.2, -0.15) is 0 Å². The molecule has 0 N–H and O–H groups in total. The van der Waals surface area contributed by atoms with E-state index in [1.54, 1.807) is 0 Å². The molecule has 2 bridgehead atoms. The summed E-state index contributed by atoms with van der Waals surface area (Å²) in [6.07, 6.45) is 6.94. The van der Waals surface area contributed by atoms with Crippen molar-refractivity contribution in [2.75, 3.05) is 0 Å². The van der Waals surface area contributed by atoms with E-state index in [9.17, 15) is 0 Å². The summed E-state index contributed by atoms with van der Waals surface area (Å²) in [4.78, 5) is 0. The van der Waals surface area contributed by atoms with Crippen molar-refractivity contribution in [3.8, 4) is 5.75 Å². The van der Waals surface area contributed by atoms with Gasteiger partial charge in [-0.25, -0.2) is 0 Å². The number of hydrogen-bond donors (Lipinski definition) is 0. The first-order valence-electron chi connectivity index (χ1n) is 7.80. The molecule has 1 aliphatic rings. The highest BCUT2D eigenvalue weighted by molar-refractivity contribution is 5.87. The minimum Gasteiger partial charge on any atom is -0.465 e. The standard InChI is InChI=1S/C21H18O/c1-2-7-17-11-12-19-15-20(22-13-5-9-16(17)6-1)14-18-8-3-4-10-21(18)19/h1-8,10,13-15H,9,11-12H2. The smallest absolute Gasteiger partial charge is 0.127 e. The van der Waals surface area contributed by atoms with Gasteiger partial charge in [0, 0.05) is 0 Å². The van der Waals surface area contributed by atoms with Crippen molar-refractivity contribution in [3.05, 3.63) is 89.7 Å². The van der Waals surface area contributed by atoms with Gasteiger partial charge in [-0.3, -0.25) is 0 Å². The summed E-state index contributed by atoms with van der Waals surface area (Å²) in [6, 6.07) is 21.6. The van der Waals surface area contributed by atoms with Gasteiger partial charge in [-0.15, -0.1) is 0 Å². The molecule has 1 heteroatoms. The molecule has 0 spiro atoms. The van der Waals surface area contributed by atoms with Crippen molar-refractivity contribution in [2.24, 2.45) is 0 Å². The van der Waals surface area contributed by atoms with E-state index in [0.717, 1.165) is 25.0 Å². The molecular formula is C21H18O. The van der Waals surface area contributed by atoms with Crippen molar-refractivity contribution < 1.29 is 4.74 Å². The van der Waals surface area contributed by atoms with Crippen molar-refractivity contribution in [1.82, 2.24) is 0 Å². The minimum absolute atomic E-state index is 0.922. The number of fused-ring (bicyclic) bond motifs is 5. The molecule has 4 rings (SSSR count). The van der Waals surface area contributed by atoms with E-state index in [2.05, 4.69) is 66.7 Å². The normalized spacial score (nSPS) is 14.0. The van der Waals surface area contributed by atoms with Gasteiger partial charge in [-0.1, -0.05) is 48.5 Å². The predicted molar refractivity (Wildman–Crippen MR) is 91.3 cm³/mol. The Morgan fingerprint density at radius 3 is 2.45 bits per heavy atom. The van der Waals surface area contributed by atoms with Crippen LogP contribution in [0.25, 0.3) is 10.8 Å². The topological polar surface area (TPSA) is 9.23 Å². The molecule has 3 aromatic carbocycles. The first kappa shape index (κ1) is 13.1. The molecule has 0 aromatic heterocycles. The minimum atomic E-state index is 0.922. The van der Waals surface area contributed by atoms with Gasteiger partial charge >= 0.3 is 0 Å². The summed E-state index contributed by atoms with van der Waals surface area (Å²) in [5, 5.41) is 2.58. The molecule has 1 heterocycles. The fourth-order valence-electron chi connectivity index (χ4n) is 3.21. The fraction of sp³-hybridized carbons (Fsp3) is 0.143. The Balaban J connectivity index is 1.83. The number of benzene rings is 3. The Hall–Kier alpha value is -2.54. The molecular weight excluding hydrogens is 268 g/mol. The van der Waals surface area contributed by atoms with E-state index >= 15 is 0 Å². The van der Waals surface area contributed by atoms with Gasteiger partial charge in [0.25, 0.3) is 0 Å². The van der Waals surface area contributed by atoms with Crippen molar-refractivity contribution in [3.63, 3.8) is 0 Å². The zero-order chi connectivity index (χ0) is 14.8. The lowest BCUT2D eigenvalue weighted by molar-refractivity contribution is 0.479. The van der Waals surface area contributed by atoms with E-state index in [-0.39, 0.29) is 0 Å². The lowest BCUT2D eigenvalue weighted by Crippen LogP contribution is -1.97. The lowest BCUT2D eigenvalue weighted by atomic mass is 9.95. The van der Waals surface area contributed by atoms with Crippen LogP contribution in [0.4, 0.5) is 0 Å². The van der Waals surface area contributed by atoms with Crippen LogP contribution in [0.15, 0.2) is 73.0 Å². The molecule has 0 fully saturated rings. The number of rotatable bonds is 0. The van der Waals surface area contributed by atoms with E-state index in [4.69, 9.17) is 4.74 Å². The summed E-state index contributed by atoms with van der Waals surface area (Å²) in [5.74, 6) is 0.927. The fourth-order valence-corrected chi connectivity index (χ4v) is 3.21. The highest BCUT2D eigenvalue weighted by atomic mass is 16.5. The van der Waals surface area contributed by atoms with Crippen LogP contribution in [-0.2, 0) is 19.3 Å². The largest absolute Gasteiger partial charge is 0.465 e. The average molecular weight is 286 g/mol. The lowest BCUT2D eigenvalue weighted by Gasteiger charge is -2.10. The SMILES string of the molecule is C1=COc2cc(c3ccccc3c2)CCc2ccccc2C1. The van der Waals surface area contributed by atoms with Crippen LogP contribution in [0.5, 0.6) is 5.75 Å². The number of ether oxygens (including phenoxy) is 1. The van der Waals surface area contributed by atoms with E-state index in [0.29, 0.717) is 0 Å². The highest BCUT2D eigenvalue weighted by Crippen LogP contribution is 2.27. The zero-order valence-electron chi connectivity index (χ0n) is 12.5. The number of aryl methyl sites for hydroxylation is 2. The summed E-state index contributed by atoms with van der Waals surface area (Å²) in [6.45, 7) is 0. The van der Waals surface area contributed by atoms with Gasteiger partial charge in [0.15, 0.2) is 0 Å². The number of hydrogen-bond acceptors (Lipinski definition) is 1. The van der Waals surface area contributed by atoms with Gasteiger partial charge in [0.05, 0.1) is 6.26 Å². The molecule has 0 radical (unpaired) electrons. The first-order valence-corrected chi connectivity index (χ1v) is 7.80. The van der Waals surface area contributed by atoms with Gasteiger partial charge < -0.3 is 4.74 Å². The Morgan fingerprint density at radius 1 is 0.727 bits per heavy atom. The van der Waals surface area contributed by atoms with Crippen LogP contribution in [0.2, 0.25) is 0 Å². The monoisotopic (exact) mass is 286 g/mol. The van der Waals surface area contributed by atoms with Crippen LogP contribution in [0, 0.1) is 0 Å². The highest BCUT2D eigenvalue weighted by Gasteiger charge is 2.08. The Bertz CT molecular complexity index is 845. The molecule has 0 atom stereocenters. The van der Waals surface area contributed by atoms with Crippen LogP contribution in [0.3, 0.4) is 0 Å². The predicted octanol–water partition coefficient (Wildman–Crippen LogP) is 5.07. The third-order valence-corrected chi connectivity index (χ3v) is 4.34. The van der Waals surface area contributed by atoms with Crippen LogP contribution < -0.4 is 4.74 Å². The molecule has 108 valence electrons. The Kier molecular flexibility index (Phi) is 3.40. The third-order valence-electron chi connectivity index (χ3n) is 4.34. The van der Waals surface area contributed by atoms with Crippen LogP contribution in [-0.4, -0.2) is 0 Å². The van der Waals surface area contributed by atoms with Crippen molar-refractivity contribution in [1.29, 1.82) is 0 Å². The van der Waals surface area contributed by atoms with Crippen molar-refractivity contribution >= 4 is 10.8 Å². The second-order valence-corrected chi connectivity index (χ2v) is 5.77.